The summed E-state index contributed by atoms with van der Waals surface area (Å²) in [6.45, 7) is 2.57. The number of rotatable bonds is 4. The van der Waals surface area contributed by atoms with Crippen LogP contribution in [-0.2, 0) is 0 Å². The number of hydrogen-bond acceptors (Lipinski definition) is 6. The van der Waals surface area contributed by atoms with Crippen molar-refractivity contribution in [2.45, 2.75) is 0 Å². The van der Waals surface area contributed by atoms with Crippen LogP contribution in [0.1, 0.15) is 10.4 Å². The number of aromatic nitrogens is 1. The smallest absolute Gasteiger partial charge is 0.293 e. The van der Waals surface area contributed by atoms with Crippen molar-refractivity contribution in [3.8, 4) is 0 Å². The third-order valence-electron chi connectivity index (χ3n) is 4.31. The van der Waals surface area contributed by atoms with E-state index in [2.05, 4.69) is 15.2 Å². The second kappa shape index (κ2) is 7.16. The van der Waals surface area contributed by atoms with E-state index >= 15 is 0 Å². The van der Waals surface area contributed by atoms with Crippen molar-refractivity contribution in [1.82, 2.24) is 9.88 Å². The summed E-state index contributed by atoms with van der Waals surface area (Å²) in [5.74, 6) is -0.180. The summed E-state index contributed by atoms with van der Waals surface area (Å²) in [5, 5.41) is 13.9. The average Bonchev–Trinajstić information content (AvgIpc) is 2.67. The zero-order valence-electron chi connectivity index (χ0n) is 13.9. The van der Waals surface area contributed by atoms with Crippen molar-refractivity contribution >= 4 is 23.0 Å². The third kappa shape index (κ3) is 3.52. The maximum absolute atomic E-state index is 12.7. The number of piperazine rings is 1. The minimum Gasteiger partial charge on any atom is -0.383 e. The van der Waals surface area contributed by atoms with Gasteiger partial charge in [0, 0.05) is 62.9 Å². The number of nitrogens with one attached hydrogen (secondary N) is 1. The first-order chi connectivity index (χ1) is 12.1. The van der Waals surface area contributed by atoms with Crippen LogP contribution in [0.4, 0.5) is 17.1 Å². The SMILES string of the molecule is CNc1ccc(C(=O)N2CCN(c3ccncc3)CC2)cc1[N+](=O)[O-]. The van der Waals surface area contributed by atoms with Crippen molar-refractivity contribution in [2.24, 2.45) is 0 Å². The van der Waals surface area contributed by atoms with Crippen molar-refractivity contribution in [3.63, 3.8) is 0 Å². The zero-order chi connectivity index (χ0) is 17.8. The number of nitro groups is 1. The molecule has 8 heteroatoms. The minimum atomic E-state index is -0.482. The molecule has 0 atom stereocenters. The Morgan fingerprint density at radius 1 is 1.16 bits per heavy atom. The highest BCUT2D eigenvalue weighted by molar-refractivity contribution is 5.96. The standard InChI is InChI=1S/C17H19N5O3/c1-18-15-3-2-13(12-16(15)22(24)25)17(23)21-10-8-20(9-11-21)14-4-6-19-7-5-14/h2-7,12,18H,8-11H2,1H3. The molecule has 130 valence electrons. The van der Waals surface area contributed by atoms with Gasteiger partial charge in [-0.3, -0.25) is 19.9 Å². The van der Waals surface area contributed by atoms with Gasteiger partial charge in [0.25, 0.3) is 11.6 Å². The fraction of sp³-hybridized carbons (Fsp3) is 0.294. The van der Waals surface area contributed by atoms with Gasteiger partial charge in [0.2, 0.25) is 0 Å². The van der Waals surface area contributed by atoms with Crippen molar-refractivity contribution in [3.05, 3.63) is 58.4 Å². The molecule has 1 aromatic heterocycles. The summed E-state index contributed by atoms with van der Waals surface area (Å²) in [6.07, 6.45) is 3.49. The molecule has 1 aliphatic rings. The lowest BCUT2D eigenvalue weighted by Crippen LogP contribution is -2.48. The number of pyridine rings is 1. The molecule has 1 N–H and O–H groups in total. The molecular formula is C17H19N5O3. The lowest BCUT2D eigenvalue weighted by Gasteiger charge is -2.36. The lowest BCUT2D eigenvalue weighted by atomic mass is 10.1. The summed E-state index contributed by atoms with van der Waals surface area (Å²) in [7, 11) is 1.61. The Bertz CT molecular complexity index is 773. The van der Waals surface area contributed by atoms with Crippen molar-refractivity contribution in [2.75, 3.05) is 43.4 Å². The van der Waals surface area contributed by atoms with Gasteiger partial charge < -0.3 is 15.1 Å². The number of nitro benzene ring substituents is 1. The van der Waals surface area contributed by atoms with Crippen LogP contribution in [0.25, 0.3) is 0 Å². The molecule has 0 aliphatic carbocycles. The molecule has 0 bridgehead atoms. The van der Waals surface area contributed by atoms with E-state index in [0.29, 0.717) is 37.4 Å². The van der Waals surface area contributed by atoms with E-state index in [1.54, 1.807) is 36.5 Å². The van der Waals surface area contributed by atoms with Gasteiger partial charge in [-0.25, -0.2) is 0 Å². The van der Waals surface area contributed by atoms with Crippen LogP contribution in [0.15, 0.2) is 42.7 Å². The first-order valence-corrected chi connectivity index (χ1v) is 8.00. The molecule has 0 saturated carbocycles. The van der Waals surface area contributed by atoms with Crippen LogP contribution < -0.4 is 10.2 Å². The molecule has 2 aromatic rings. The highest BCUT2D eigenvalue weighted by atomic mass is 16.6. The molecule has 0 spiro atoms. The maximum Gasteiger partial charge on any atom is 0.293 e. The Kier molecular flexibility index (Phi) is 4.78. The molecule has 1 saturated heterocycles. The van der Waals surface area contributed by atoms with Gasteiger partial charge in [0.1, 0.15) is 5.69 Å². The van der Waals surface area contributed by atoms with E-state index in [0.717, 1.165) is 5.69 Å². The highest BCUT2D eigenvalue weighted by Crippen LogP contribution is 2.26. The molecule has 1 aliphatic heterocycles. The number of benzene rings is 1. The number of anilines is 2. The van der Waals surface area contributed by atoms with E-state index in [-0.39, 0.29) is 11.6 Å². The molecule has 8 nitrogen and oxygen atoms in total. The predicted octanol–water partition coefficient (Wildman–Crippen LogP) is 1.99. The summed E-state index contributed by atoms with van der Waals surface area (Å²) < 4.78 is 0. The van der Waals surface area contributed by atoms with Crippen LogP contribution in [-0.4, -0.2) is 53.9 Å². The first kappa shape index (κ1) is 16.7. The normalized spacial score (nSPS) is 14.3. The second-order valence-corrected chi connectivity index (χ2v) is 5.72. The van der Waals surface area contributed by atoms with Crippen molar-refractivity contribution < 1.29 is 9.72 Å². The minimum absolute atomic E-state index is 0.0937. The van der Waals surface area contributed by atoms with Gasteiger partial charge in [0.15, 0.2) is 0 Å². The van der Waals surface area contributed by atoms with E-state index in [1.807, 2.05) is 12.1 Å². The molecule has 0 unspecified atom stereocenters. The third-order valence-corrected chi connectivity index (χ3v) is 4.31. The quantitative estimate of drug-likeness (QED) is 0.675. The molecule has 1 fully saturated rings. The Hall–Kier alpha value is -3.16. The van der Waals surface area contributed by atoms with Crippen LogP contribution in [0, 0.1) is 10.1 Å². The molecule has 25 heavy (non-hydrogen) atoms. The molecular weight excluding hydrogens is 322 g/mol. The topological polar surface area (TPSA) is 91.6 Å². The predicted molar refractivity (Wildman–Crippen MR) is 95.0 cm³/mol. The molecule has 2 heterocycles. The first-order valence-electron chi connectivity index (χ1n) is 8.00. The van der Waals surface area contributed by atoms with Crippen molar-refractivity contribution in [1.29, 1.82) is 0 Å². The van der Waals surface area contributed by atoms with E-state index in [4.69, 9.17) is 0 Å². The number of carbonyl (C=O) groups excluding carboxylic acids is 1. The monoisotopic (exact) mass is 341 g/mol. The largest absolute Gasteiger partial charge is 0.383 e. The molecule has 1 amide bonds. The number of amides is 1. The Morgan fingerprint density at radius 2 is 1.84 bits per heavy atom. The lowest BCUT2D eigenvalue weighted by molar-refractivity contribution is -0.384. The Balaban J connectivity index is 1.70. The zero-order valence-corrected chi connectivity index (χ0v) is 13.9. The van der Waals surface area contributed by atoms with E-state index in [9.17, 15) is 14.9 Å². The highest BCUT2D eigenvalue weighted by Gasteiger charge is 2.24. The van der Waals surface area contributed by atoms with Gasteiger partial charge in [-0.15, -0.1) is 0 Å². The van der Waals surface area contributed by atoms with Gasteiger partial charge >= 0.3 is 0 Å². The summed E-state index contributed by atoms with van der Waals surface area (Å²) >= 11 is 0. The number of hydrogen-bond donors (Lipinski definition) is 1. The molecule has 1 aromatic carbocycles. The van der Waals surface area contributed by atoms with Crippen LogP contribution in [0.3, 0.4) is 0 Å². The molecule has 0 radical (unpaired) electrons. The van der Waals surface area contributed by atoms with E-state index in [1.165, 1.54) is 6.07 Å². The Morgan fingerprint density at radius 3 is 2.44 bits per heavy atom. The number of nitrogens with zero attached hydrogens (tertiary/aromatic N) is 4. The van der Waals surface area contributed by atoms with Gasteiger partial charge in [0.05, 0.1) is 4.92 Å². The summed E-state index contributed by atoms with van der Waals surface area (Å²) in [6, 6.07) is 8.41. The van der Waals surface area contributed by atoms with Crippen LogP contribution in [0.5, 0.6) is 0 Å². The molecule has 3 rings (SSSR count). The number of carbonyl (C=O) groups is 1. The van der Waals surface area contributed by atoms with Gasteiger partial charge in [-0.2, -0.15) is 0 Å². The maximum atomic E-state index is 12.7. The fourth-order valence-corrected chi connectivity index (χ4v) is 2.93. The van der Waals surface area contributed by atoms with Crippen LogP contribution in [0.2, 0.25) is 0 Å². The van der Waals surface area contributed by atoms with E-state index < -0.39 is 4.92 Å². The summed E-state index contributed by atoms with van der Waals surface area (Å²) in [4.78, 5) is 31.3. The van der Waals surface area contributed by atoms with Gasteiger partial charge in [-0.05, 0) is 24.3 Å². The Labute approximate surface area is 145 Å². The van der Waals surface area contributed by atoms with Gasteiger partial charge in [-0.1, -0.05) is 0 Å². The average molecular weight is 341 g/mol. The fourth-order valence-electron chi connectivity index (χ4n) is 2.93. The summed E-state index contributed by atoms with van der Waals surface area (Å²) in [5.41, 5.74) is 1.71. The second-order valence-electron chi connectivity index (χ2n) is 5.72. The van der Waals surface area contributed by atoms with Crippen LogP contribution >= 0.6 is 0 Å².